The molecule has 202 valence electrons. The van der Waals surface area contributed by atoms with Crippen molar-refractivity contribution >= 4 is 23.3 Å². The third-order valence-electron chi connectivity index (χ3n) is 7.92. The minimum atomic E-state index is -0.179. The standard InChI is InChI=1S/C28H36ClN7O2/c29-25-17-24(4-1-21(25)18-30)38-23-5-2-22(3-6-23)32-28(37)26-7-8-27(34-33-26)36-13-9-20(10-14-36)19-35-15-11-31-12-16-35/h1,4,7-8,17,20,22-23,31H,2-3,5-6,9-16,19H2,(H,32,37)/t22-,23-. The summed E-state index contributed by atoms with van der Waals surface area (Å²) in [6.07, 6.45) is 5.71. The van der Waals surface area contributed by atoms with Crippen LogP contribution in [-0.2, 0) is 0 Å². The first-order valence-electron chi connectivity index (χ1n) is 13.8. The van der Waals surface area contributed by atoms with Gasteiger partial charge in [0.25, 0.3) is 5.91 Å². The van der Waals surface area contributed by atoms with Crippen LogP contribution in [0.1, 0.15) is 54.6 Å². The molecule has 0 spiro atoms. The minimum Gasteiger partial charge on any atom is -0.490 e. The van der Waals surface area contributed by atoms with Gasteiger partial charge in [-0.15, -0.1) is 10.2 Å². The van der Waals surface area contributed by atoms with Gasteiger partial charge in [0.05, 0.1) is 16.7 Å². The number of nitrogens with one attached hydrogen (secondary N) is 2. The highest BCUT2D eigenvalue weighted by atomic mass is 35.5. The van der Waals surface area contributed by atoms with Crippen molar-refractivity contribution in [3.05, 3.63) is 46.6 Å². The molecule has 1 saturated carbocycles. The van der Waals surface area contributed by atoms with Gasteiger partial charge in [0.15, 0.2) is 11.5 Å². The van der Waals surface area contributed by atoms with Gasteiger partial charge in [-0.2, -0.15) is 5.26 Å². The Balaban J connectivity index is 1.04. The molecule has 2 saturated heterocycles. The van der Waals surface area contributed by atoms with Crippen LogP contribution in [-0.4, -0.2) is 79.0 Å². The summed E-state index contributed by atoms with van der Waals surface area (Å²) in [6, 6.07) is 11.0. The van der Waals surface area contributed by atoms with Crippen molar-refractivity contribution in [2.75, 3.05) is 50.7 Å². The molecule has 1 aromatic heterocycles. The smallest absolute Gasteiger partial charge is 0.272 e. The number of anilines is 1. The summed E-state index contributed by atoms with van der Waals surface area (Å²) in [7, 11) is 0. The molecule has 0 radical (unpaired) electrons. The molecule has 5 rings (SSSR count). The molecule has 38 heavy (non-hydrogen) atoms. The van der Waals surface area contributed by atoms with Gasteiger partial charge >= 0.3 is 0 Å². The van der Waals surface area contributed by atoms with Crippen LogP contribution in [0.2, 0.25) is 5.02 Å². The van der Waals surface area contributed by atoms with Crippen molar-refractivity contribution in [3.63, 3.8) is 0 Å². The maximum absolute atomic E-state index is 12.8. The maximum atomic E-state index is 12.8. The van der Waals surface area contributed by atoms with E-state index in [9.17, 15) is 4.79 Å². The number of amides is 1. The van der Waals surface area contributed by atoms with E-state index in [1.807, 2.05) is 6.07 Å². The van der Waals surface area contributed by atoms with Crippen molar-refractivity contribution in [1.82, 2.24) is 25.7 Å². The number of hydrogen-bond donors (Lipinski definition) is 2. The Labute approximate surface area is 229 Å². The summed E-state index contributed by atoms with van der Waals surface area (Å²) in [4.78, 5) is 17.7. The summed E-state index contributed by atoms with van der Waals surface area (Å²) in [5.74, 6) is 2.08. The number of rotatable bonds is 7. The predicted molar refractivity (Wildman–Crippen MR) is 147 cm³/mol. The number of nitriles is 1. The predicted octanol–water partition coefficient (Wildman–Crippen LogP) is 3.24. The second-order valence-electron chi connectivity index (χ2n) is 10.6. The van der Waals surface area contributed by atoms with E-state index >= 15 is 0 Å². The zero-order valence-corrected chi connectivity index (χ0v) is 22.5. The number of carbonyl (C=O) groups is 1. The van der Waals surface area contributed by atoms with Crippen LogP contribution in [0.4, 0.5) is 5.82 Å². The Morgan fingerprint density at radius 3 is 2.47 bits per heavy atom. The molecule has 3 fully saturated rings. The van der Waals surface area contributed by atoms with Crippen molar-refractivity contribution in [3.8, 4) is 11.8 Å². The topological polar surface area (TPSA) is 106 Å². The lowest BCUT2D eigenvalue weighted by atomic mass is 9.93. The van der Waals surface area contributed by atoms with Crippen LogP contribution in [0.5, 0.6) is 5.75 Å². The molecule has 10 heteroatoms. The van der Waals surface area contributed by atoms with Crippen LogP contribution in [0, 0.1) is 17.2 Å². The third kappa shape index (κ3) is 6.93. The van der Waals surface area contributed by atoms with Crippen molar-refractivity contribution in [2.24, 2.45) is 5.92 Å². The Bertz CT molecular complexity index is 1120. The average Bonchev–Trinajstić information content (AvgIpc) is 2.95. The van der Waals surface area contributed by atoms with Crippen LogP contribution in [0.3, 0.4) is 0 Å². The number of aromatic nitrogens is 2. The lowest BCUT2D eigenvalue weighted by Crippen LogP contribution is -2.47. The Morgan fingerprint density at radius 2 is 1.82 bits per heavy atom. The fourth-order valence-electron chi connectivity index (χ4n) is 5.66. The number of piperazine rings is 1. The molecule has 2 aromatic rings. The minimum absolute atomic E-state index is 0.0623. The van der Waals surface area contributed by atoms with Crippen molar-refractivity contribution in [2.45, 2.75) is 50.7 Å². The molecule has 2 N–H and O–H groups in total. The number of piperidine rings is 1. The van der Waals surface area contributed by atoms with Gasteiger partial charge in [0, 0.05) is 57.9 Å². The fourth-order valence-corrected chi connectivity index (χ4v) is 5.87. The van der Waals surface area contributed by atoms with Crippen LogP contribution in [0.25, 0.3) is 0 Å². The first-order valence-corrected chi connectivity index (χ1v) is 14.1. The number of carbonyl (C=O) groups excluding carboxylic acids is 1. The molecule has 1 amide bonds. The molecular formula is C28H36ClN7O2. The van der Waals surface area contributed by atoms with Gasteiger partial charge in [0.1, 0.15) is 11.8 Å². The first-order chi connectivity index (χ1) is 18.6. The Kier molecular flexibility index (Phi) is 8.94. The van der Waals surface area contributed by atoms with E-state index in [2.05, 4.69) is 36.7 Å². The summed E-state index contributed by atoms with van der Waals surface area (Å²) in [5, 5.41) is 24.6. The summed E-state index contributed by atoms with van der Waals surface area (Å²) in [5.41, 5.74) is 0.792. The molecular weight excluding hydrogens is 502 g/mol. The maximum Gasteiger partial charge on any atom is 0.272 e. The lowest BCUT2D eigenvalue weighted by molar-refractivity contribution is 0.0888. The SMILES string of the molecule is N#Cc1ccc(O[C@H]2CC[C@H](NC(=O)c3ccc(N4CCC(CN5CCNCC5)CC4)nn3)CC2)cc1Cl. The van der Waals surface area contributed by atoms with Gasteiger partial charge in [-0.1, -0.05) is 11.6 Å². The number of nitrogens with zero attached hydrogens (tertiary/aromatic N) is 5. The molecule has 3 aliphatic rings. The molecule has 2 aliphatic heterocycles. The van der Waals surface area contributed by atoms with Gasteiger partial charge < -0.3 is 25.2 Å². The molecule has 0 bridgehead atoms. The molecule has 3 heterocycles. The number of hydrogen-bond acceptors (Lipinski definition) is 8. The van der Waals surface area contributed by atoms with Crippen LogP contribution >= 0.6 is 11.6 Å². The molecule has 9 nitrogen and oxygen atoms in total. The highest BCUT2D eigenvalue weighted by Crippen LogP contribution is 2.27. The van der Waals surface area contributed by atoms with Gasteiger partial charge in [-0.3, -0.25) is 4.79 Å². The van der Waals surface area contributed by atoms with E-state index in [1.165, 1.54) is 19.4 Å². The largest absolute Gasteiger partial charge is 0.490 e. The molecule has 0 unspecified atom stereocenters. The normalized spacial score (nSPS) is 23.0. The van der Waals surface area contributed by atoms with E-state index in [4.69, 9.17) is 21.6 Å². The zero-order valence-electron chi connectivity index (χ0n) is 21.7. The van der Waals surface area contributed by atoms with Gasteiger partial charge in [0.2, 0.25) is 0 Å². The highest BCUT2D eigenvalue weighted by molar-refractivity contribution is 6.31. The second kappa shape index (κ2) is 12.7. The molecule has 0 atom stereocenters. The van der Waals surface area contributed by atoms with Crippen LogP contribution in [0.15, 0.2) is 30.3 Å². The van der Waals surface area contributed by atoms with E-state index in [1.54, 1.807) is 24.3 Å². The van der Waals surface area contributed by atoms with E-state index < -0.39 is 0 Å². The number of ether oxygens (including phenoxy) is 1. The Morgan fingerprint density at radius 1 is 1.05 bits per heavy atom. The second-order valence-corrected chi connectivity index (χ2v) is 11.0. The van der Waals surface area contributed by atoms with Crippen molar-refractivity contribution in [1.29, 1.82) is 5.26 Å². The third-order valence-corrected chi connectivity index (χ3v) is 8.23. The number of halogens is 1. The summed E-state index contributed by atoms with van der Waals surface area (Å²) in [6.45, 7) is 7.65. The van der Waals surface area contributed by atoms with E-state index in [-0.39, 0.29) is 18.1 Å². The summed E-state index contributed by atoms with van der Waals surface area (Å²) >= 11 is 6.11. The van der Waals surface area contributed by atoms with E-state index in [0.717, 1.165) is 76.7 Å². The van der Waals surface area contributed by atoms with Crippen LogP contribution < -0.4 is 20.3 Å². The molecule has 1 aliphatic carbocycles. The number of benzene rings is 1. The average molecular weight is 538 g/mol. The quantitative estimate of drug-likeness (QED) is 0.554. The van der Waals surface area contributed by atoms with Gasteiger partial charge in [-0.05, 0) is 68.7 Å². The summed E-state index contributed by atoms with van der Waals surface area (Å²) < 4.78 is 6.05. The van der Waals surface area contributed by atoms with Crippen molar-refractivity contribution < 1.29 is 9.53 Å². The lowest BCUT2D eigenvalue weighted by Gasteiger charge is -2.36. The molecule has 1 aromatic carbocycles. The first kappa shape index (κ1) is 26.7. The Hall–Kier alpha value is -2.93. The highest BCUT2D eigenvalue weighted by Gasteiger charge is 2.26. The van der Waals surface area contributed by atoms with E-state index in [0.29, 0.717) is 22.0 Å². The van der Waals surface area contributed by atoms with Gasteiger partial charge in [-0.25, -0.2) is 0 Å². The monoisotopic (exact) mass is 537 g/mol. The fraction of sp³-hybridized carbons (Fsp3) is 0.571. The zero-order chi connectivity index (χ0) is 26.3.